The molecule has 1 spiro atoms. The highest BCUT2D eigenvalue weighted by Gasteiger charge is 2.77. The first-order valence-electron chi connectivity index (χ1n) is 11.8. The zero-order valence-electron chi connectivity index (χ0n) is 19.7. The minimum absolute atomic E-state index is 0.174. The topological polar surface area (TPSA) is 96.4 Å². The van der Waals surface area contributed by atoms with Crippen molar-refractivity contribution in [3.63, 3.8) is 0 Å². The van der Waals surface area contributed by atoms with Crippen LogP contribution in [0.4, 0.5) is 5.69 Å². The van der Waals surface area contributed by atoms with Crippen molar-refractivity contribution in [2.75, 3.05) is 24.7 Å². The van der Waals surface area contributed by atoms with Crippen LogP contribution in [0, 0.1) is 11.8 Å². The second-order valence-corrected chi connectivity index (χ2v) is 10.7. The highest BCUT2D eigenvalue weighted by atomic mass is 79.9. The molecule has 7 atom stereocenters. The van der Waals surface area contributed by atoms with E-state index in [-0.39, 0.29) is 36.4 Å². The molecular weight excluding hydrogens is 540 g/mol. The maximum atomic E-state index is 14.3. The van der Waals surface area contributed by atoms with E-state index in [4.69, 9.17) is 21.1 Å². The maximum absolute atomic E-state index is 14.3. The number of aliphatic hydroxyl groups excluding tert-OH is 1. The first-order valence-corrected chi connectivity index (χ1v) is 13.1. The Kier molecular flexibility index (Phi) is 7.62. The van der Waals surface area contributed by atoms with Gasteiger partial charge in [-0.3, -0.25) is 14.4 Å². The van der Waals surface area contributed by atoms with Crippen molar-refractivity contribution in [2.24, 2.45) is 11.8 Å². The van der Waals surface area contributed by atoms with Gasteiger partial charge in [0, 0.05) is 22.1 Å². The smallest absolute Gasteiger partial charge is 0.312 e. The molecule has 1 N–H and O–H groups in total. The van der Waals surface area contributed by atoms with Crippen LogP contribution >= 0.6 is 27.5 Å². The third-order valence-corrected chi connectivity index (χ3v) is 8.41. The molecule has 3 heterocycles. The average molecular weight is 570 g/mol. The van der Waals surface area contributed by atoms with Crippen LogP contribution < -0.4 is 4.90 Å². The fraction of sp³-hybridized carbons (Fsp3) is 0.560. The number of anilines is 1. The molecule has 0 saturated carbocycles. The Morgan fingerprint density at radius 1 is 1.40 bits per heavy atom. The van der Waals surface area contributed by atoms with E-state index in [1.54, 1.807) is 37.3 Å². The maximum Gasteiger partial charge on any atom is 0.312 e. The number of nitrogens with zero attached hydrogens (tertiary/aromatic N) is 2. The Labute approximate surface area is 218 Å². The van der Waals surface area contributed by atoms with Crippen LogP contribution in [-0.2, 0) is 23.9 Å². The summed E-state index contributed by atoms with van der Waals surface area (Å²) in [6, 6.07) is 5.19. The first-order chi connectivity index (χ1) is 16.7. The van der Waals surface area contributed by atoms with Crippen LogP contribution in [-0.4, -0.2) is 76.2 Å². The predicted molar refractivity (Wildman–Crippen MR) is 134 cm³/mol. The molecule has 3 fully saturated rings. The first kappa shape index (κ1) is 26.1. The van der Waals surface area contributed by atoms with E-state index in [1.165, 1.54) is 9.80 Å². The fourth-order valence-corrected chi connectivity index (χ4v) is 6.95. The second-order valence-electron chi connectivity index (χ2n) is 9.12. The summed E-state index contributed by atoms with van der Waals surface area (Å²) in [6.07, 6.45) is 1.83. The molecule has 3 saturated heterocycles. The van der Waals surface area contributed by atoms with E-state index in [9.17, 15) is 19.5 Å². The van der Waals surface area contributed by atoms with Gasteiger partial charge in [0.15, 0.2) is 0 Å². The lowest BCUT2D eigenvalue weighted by molar-refractivity contribution is -0.155. The predicted octanol–water partition coefficient (Wildman–Crippen LogP) is 2.94. The van der Waals surface area contributed by atoms with E-state index < -0.39 is 41.6 Å². The van der Waals surface area contributed by atoms with Crippen LogP contribution in [0.2, 0.25) is 5.02 Å². The molecule has 1 aromatic carbocycles. The Balaban J connectivity index is 1.83. The molecule has 10 heteroatoms. The largest absolute Gasteiger partial charge is 0.466 e. The molecule has 2 bridgehead atoms. The zero-order valence-corrected chi connectivity index (χ0v) is 22.1. The number of hydrogen-bond donors (Lipinski definition) is 1. The third kappa shape index (κ3) is 4.10. The summed E-state index contributed by atoms with van der Waals surface area (Å²) in [5, 5.41) is 10.7. The van der Waals surface area contributed by atoms with E-state index in [1.807, 2.05) is 6.92 Å². The SMILES string of the molecule is C=CCN(C(=O)C1N([C@@H](CC)CO)C(=O)[C@@H]2[C@H](C(=O)OCC)[C@H]3OC12CC3Br)c1ccc(Cl)cc1. The molecule has 0 aromatic heterocycles. The molecule has 2 amide bonds. The molecule has 4 rings (SSSR count). The summed E-state index contributed by atoms with van der Waals surface area (Å²) < 4.78 is 11.8. The number of halogens is 2. The van der Waals surface area contributed by atoms with Crippen LogP contribution in [0.3, 0.4) is 0 Å². The quantitative estimate of drug-likeness (QED) is 0.279. The summed E-state index contributed by atoms with van der Waals surface area (Å²) in [5.41, 5.74) is -0.632. The summed E-state index contributed by atoms with van der Waals surface area (Å²) in [5.74, 6) is -2.93. The normalized spacial score (nSPS) is 31.9. The van der Waals surface area contributed by atoms with Crippen LogP contribution in [0.15, 0.2) is 36.9 Å². The molecule has 3 aliphatic heterocycles. The lowest BCUT2D eigenvalue weighted by Gasteiger charge is -2.39. The number of fused-ring (bicyclic) bond motifs is 1. The summed E-state index contributed by atoms with van der Waals surface area (Å²) in [6.45, 7) is 7.40. The van der Waals surface area contributed by atoms with Gasteiger partial charge in [-0.05, 0) is 44.0 Å². The van der Waals surface area contributed by atoms with E-state index in [2.05, 4.69) is 22.5 Å². The standard InChI is InChI=1S/C25H30BrClN2O6/c1-4-11-28(16-9-7-14(27)8-10-16)23(32)21-25-12-17(26)20(35-25)18(24(33)34-6-3)19(25)22(31)29(21)15(5-2)13-30/h4,7-10,15,17-21,30H,1,5-6,11-13H2,2-3H3/t15-,17?,18-,19-,20-,21?,25?/m0/s1. The monoisotopic (exact) mass is 568 g/mol. The number of carbonyl (C=O) groups is 3. The third-order valence-electron chi connectivity index (χ3n) is 7.31. The van der Waals surface area contributed by atoms with Crippen molar-refractivity contribution in [3.8, 4) is 0 Å². The van der Waals surface area contributed by atoms with E-state index >= 15 is 0 Å². The van der Waals surface area contributed by atoms with Crippen molar-refractivity contribution in [1.29, 1.82) is 0 Å². The van der Waals surface area contributed by atoms with Gasteiger partial charge >= 0.3 is 5.97 Å². The molecule has 190 valence electrons. The van der Waals surface area contributed by atoms with Crippen LogP contribution in [0.5, 0.6) is 0 Å². The fourth-order valence-electron chi connectivity index (χ4n) is 5.88. The van der Waals surface area contributed by atoms with Crippen LogP contribution in [0.25, 0.3) is 0 Å². The van der Waals surface area contributed by atoms with Gasteiger partial charge in [-0.1, -0.05) is 40.5 Å². The number of ether oxygens (including phenoxy) is 2. The number of carbonyl (C=O) groups excluding carboxylic acids is 3. The minimum Gasteiger partial charge on any atom is -0.466 e. The number of likely N-dealkylation sites (tertiary alicyclic amines) is 1. The highest BCUT2D eigenvalue weighted by molar-refractivity contribution is 9.09. The van der Waals surface area contributed by atoms with Gasteiger partial charge in [0.05, 0.1) is 37.2 Å². The van der Waals surface area contributed by atoms with E-state index in [0.717, 1.165) is 0 Å². The molecule has 3 unspecified atom stereocenters. The van der Waals surface area contributed by atoms with Crippen molar-refractivity contribution in [1.82, 2.24) is 4.90 Å². The number of rotatable bonds is 9. The van der Waals surface area contributed by atoms with Gasteiger partial charge < -0.3 is 24.4 Å². The van der Waals surface area contributed by atoms with Gasteiger partial charge in [0.2, 0.25) is 5.91 Å². The van der Waals surface area contributed by atoms with Crippen molar-refractivity contribution in [3.05, 3.63) is 41.9 Å². The number of alkyl halides is 1. The molecule has 3 aliphatic rings. The molecule has 35 heavy (non-hydrogen) atoms. The van der Waals surface area contributed by atoms with Gasteiger partial charge in [-0.25, -0.2) is 0 Å². The summed E-state index contributed by atoms with van der Waals surface area (Å²) in [4.78, 5) is 44.0. The van der Waals surface area contributed by atoms with Gasteiger partial charge in [-0.15, -0.1) is 6.58 Å². The molecule has 0 radical (unpaired) electrons. The Morgan fingerprint density at radius 2 is 2.09 bits per heavy atom. The minimum atomic E-state index is -1.22. The molecule has 8 nitrogen and oxygen atoms in total. The Morgan fingerprint density at radius 3 is 2.66 bits per heavy atom. The van der Waals surface area contributed by atoms with E-state index in [0.29, 0.717) is 23.6 Å². The number of esters is 1. The van der Waals surface area contributed by atoms with Gasteiger partial charge in [-0.2, -0.15) is 0 Å². The second kappa shape index (κ2) is 10.2. The summed E-state index contributed by atoms with van der Waals surface area (Å²) in [7, 11) is 0. The van der Waals surface area contributed by atoms with Crippen molar-refractivity contribution in [2.45, 2.75) is 55.3 Å². The number of hydrogen-bond acceptors (Lipinski definition) is 6. The number of benzene rings is 1. The molecule has 1 aromatic rings. The number of amides is 2. The van der Waals surface area contributed by atoms with Gasteiger partial charge in [0.25, 0.3) is 5.91 Å². The lowest BCUT2D eigenvalue weighted by atomic mass is 9.70. The Bertz CT molecular complexity index is 1000. The van der Waals surface area contributed by atoms with Crippen LogP contribution in [0.1, 0.15) is 26.7 Å². The number of aliphatic hydroxyl groups is 1. The zero-order chi connectivity index (χ0) is 25.5. The highest BCUT2D eigenvalue weighted by Crippen LogP contribution is 2.60. The molecular formula is C25H30BrClN2O6. The van der Waals surface area contributed by atoms with Crippen molar-refractivity contribution >= 4 is 51.0 Å². The van der Waals surface area contributed by atoms with Crippen molar-refractivity contribution < 1.29 is 29.0 Å². The van der Waals surface area contributed by atoms with Gasteiger partial charge in [0.1, 0.15) is 11.6 Å². The summed E-state index contributed by atoms with van der Waals surface area (Å²) >= 11 is 9.69. The average Bonchev–Trinajstić information content (AvgIpc) is 3.43. The molecule has 0 aliphatic carbocycles. The Hall–Kier alpha value is -1.94. The lowest BCUT2D eigenvalue weighted by Crippen LogP contribution is -2.59.